The summed E-state index contributed by atoms with van der Waals surface area (Å²) in [5.74, 6) is 0.162. The van der Waals surface area contributed by atoms with Crippen LogP contribution in [0.2, 0.25) is 0 Å². The lowest BCUT2D eigenvalue weighted by Gasteiger charge is -2.29. The van der Waals surface area contributed by atoms with Crippen molar-refractivity contribution in [1.82, 2.24) is 5.32 Å². The van der Waals surface area contributed by atoms with Crippen LogP contribution in [0.4, 0.5) is 10.1 Å². The van der Waals surface area contributed by atoms with Gasteiger partial charge in [0.2, 0.25) is 5.91 Å². The van der Waals surface area contributed by atoms with E-state index < -0.39 is 0 Å². The predicted molar refractivity (Wildman–Crippen MR) is 74.6 cm³/mol. The molecule has 0 aliphatic carbocycles. The van der Waals surface area contributed by atoms with Crippen molar-refractivity contribution in [1.29, 1.82) is 0 Å². The third-order valence-corrected chi connectivity index (χ3v) is 3.88. The average Bonchev–Trinajstić information content (AvgIpc) is 2.38. The van der Waals surface area contributed by atoms with Crippen LogP contribution in [-0.2, 0) is 4.79 Å². The minimum Gasteiger partial charge on any atom is -0.326 e. The molecule has 1 saturated heterocycles. The smallest absolute Gasteiger partial charge is 0.225 e. The van der Waals surface area contributed by atoms with Gasteiger partial charge in [0.25, 0.3) is 0 Å². The lowest BCUT2D eigenvalue weighted by molar-refractivity contribution is -0.117. The largest absolute Gasteiger partial charge is 0.326 e. The van der Waals surface area contributed by atoms with E-state index in [1.807, 2.05) is 0 Å². The van der Waals surface area contributed by atoms with E-state index in [4.69, 9.17) is 0 Å². The lowest BCUT2D eigenvalue weighted by Crippen LogP contribution is -2.42. The van der Waals surface area contributed by atoms with Crippen LogP contribution in [0.1, 0.15) is 31.7 Å². The SMILES string of the molecule is Cc1c(F)cccc1NC(=O)CC1NCCCC1C. The molecule has 2 rings (SSSR count). The van der Waals surface area contributed by atoms with Gasteiger partial charge < -0.3 is 10.6 Å². The van der Waals surface area contributed by atoms with E-state index in [-0.39, 0.29) is 17.8 Å². The number of rotatable bonds is 3. The third-order valence-electron chi connectivity index (χ3n) is 3.88. The summed E-state index contributed by atoms with van der Waals surface area (Å²) >= 11 is 0. The Morgan fingerprint density at radius 3 is 3.05 bits per heavy atom. The zero-order valence-corrected chi connectivity index (χ0v) is 11.5. The summed E-state index contributed by atoms with van der Waals surface area (Å²) < 4.78 is 13.4. The summed E-state index contributed by atoms with van der Waals surface area (Å²) in [4.78, 5) is 12.0. The van der Waals surface area contributed by atoms with Crippen LogP contribution in [0.15, 0.2) is 18.2 Å². The Kier molecular flexibility index (Phi) is 4.53. The van der Waals surface area contributed by atoms with Crippen molar-refractivity contribution in [3.05, 3.63) is 29.6 Å². The molecular weight excluding hydrogens is 243 g/mol. The van der Waals surface area contributed by atoms with Gasteiger partial charge in [0.05, 0.1) is 0 Å². The molecule has 2 N–H and O–H groups in total. The van der Waals surface area contributed by atoms with Crippen LogP contribution in [0.5, 0.6) is 0 Å². The first kappa shape index (κ1) is 14.0. The van der Waals surface area contributed by atoms with Crippen LogP contribution >= 0.6 is 0 Å². The van der Waals surface area contributed by atoms with E-state index in [0.717, 1.165) is 13.0 Å². The molecule has 0 radical (unpaired) electrons. The molecule has 1 aromatic rings. The summed E-state index contributed by atoms with van der Waals surface area (Å²) in [7, 11) is 0. The Morgan fingerprint density at radius 1 is 1.53 bits per heavy atom. The molecular formula is C15H21FN2O. The fourth-order valence-electron chi connectivity index (χ4n) is 2.53. The zero-order valence-electron chi connectivity index (χ0n) is 11.5. The molecule has 0 aromatic heterocycles. The Hall–Kier alpha value is -1.42. The minimum atomic E-state index is -0.290. The van der Waals surface area contributed by atoms with E-state index in [0.29, 0.717) is 23.6 Å². The highest BCUT2D eigenvalue weighted by Gasteiger charge is 2.23. The first-order valence-electron chi connectivity index (χ1n) is 6.86. The molecule has 1 aromatic carbocycles. The maximum absolute atomic E-state index is 13.4. The van der Waals surface area contributed by atoms with Gasteiger partial charge in [-0.1, -0.05) is 13.0 Å². The molecule has 104 valence electrons. The van der Waals surface area contributed by atoms with Crippen molar-refractivity contribution in [2.24, 2.45) is 5.92 Å². The van der Waals surface area contributed by atoms with Crippen LogP contribution < -0.4 is 10.6 Å². The highest BCUT2D eigenvalue weighted by Crippen LogP contribution is 2.20. The van der Waals surface area contributed by atoms with E-state index in [2.05, 4.69) is 17.6 Å². The molecule has 2 atom stereocenters. The van der Waals surface area contributed by atoms with Crippen LogP contribution in [0.25, 0.3) is 0 Å². The summed E-state index contributed by atoms with van der Waals surface area (Å²) in [6.45, 7) is 4.81. The normalized spacial score (nSPS) is 23.1. The van der Waals surface area contributed by atoms with Gasteiger partial charge in [-0.05, 0) is 44.4 Å². The van der Waals surface area contributed by atoms with Crippen molar-refractivity contribution in [3.8, 4) is 0 Å². The standard InChI is InChI=1S/C15H21FN2O/c1-10-5-4-8-17-14(10)9-15(19)18-13-7-3-6-12(16)11(13)2/h3,6-7,10,14,17H,4-5,8-9H2,1-2H3,(H,18,19). The number of carbonyl (C=O) groups is 1. The number of piperidine rings is 1. The van der Waals surface area contributed by atoms with Crippen molar-refractivity contribution in [2.45, 2.75) is 39.2 Å². The van der Waals surface area contributed by atoms with Crippen molar-refractivity contribution in [2.75, 3.05) is 11.9 Å². The summed E-state index contributed by atoms with van der Waals surface area (Å²) in [5, 5.41) is 6.18. The predicted octanol–water partition coefficient (Wildman–Crippen LogP) is 2.85. The zero-order chi connectivity index (χ0) is 13.8. The Labute approximate surface area is 113 Å². The monoisotopic (exact) mass is 264 g/mol. The number of amides is 1. The molecule has 3 nitrogen and oxygen atoms in total. The Bertz CT molecular complexity index is 461. The van der Waals surface area contributed by atoms with Crippen LogP contribution in [0.3, 0.4) is 0 Å². The summed E-state index contributed by atoms with van der Waals surface area (Å²) in [6.07, 6.45) is 2.77. The summed E-state index contributed by atoms with van der Waals surface area (Å²) in [5.41, 5.74) is 1.05. The molecule has 1 heterocycles. The molecule has 1 amide bonds. The van der Waals surface area contributed by atoms with E-state index in [1.54, 1.807) is 19.1 Å². The number of hydrogen-bond donors (Lipinski definition) is 2. The van der Waals surface area contributed by atoms with Gasteiger partial charge in [-0.25, -0.2) is 4.39 Å². The maximum Gasteiger partial charge on any atom is 0.225 e. The molecule has 0 spiro atoms. The van der Waals surface area contributed by atoms with Crippen LogP contribution in [-0.4, -0.2) is 18.5 Å². The number of halogens is 1. The van der Waals surface area contributed by atoms with Crippen LogP contribution in [0, 0.1) is 18.7 Å². The molecule has 1 fully saturated rings. The number of hydrogen-bond acceptors (Lipinski definition) is 2. The average molecular weight is 264 g/mol. The third kappa shape index (κ3) is 3.53. The van der Waals surface area contributed by atoms with E-state index in [1.165, 1.54) is 12.5 Å². The van der Waals surface area contributed by atoms with Crippen molar-refractivity contribution < 1.29 is 9.18 Å². The summed E-state index contributed by atoms with van der Waals surface area (Å²) in [6, 6.07) is 4.96. The second-order valence-electron chi connectivity index (χ2n) is 5.34. The molecule has 1 aliphatic rings. The molecule has 19 heavy (non-hydrogen) atoms. The fraction of sp³-hybridized carbons (Fsp3) is 0.533. The molecule has 2 unspecified atom stereocenters. The fourth-order valence-corrected chi connectivity index (χ4v) is 2.53. The molecule has 0 bridgehead atoms. The van der Waals surface area contributed by atoms with Gasteiger partial charge >= 0.3 is 0 Å². The Morgan fingerprint density at radius 2 is 2.32 bits per heavy atom. The van der Waals surface area contributed by atoms with Gasteiger partial charge in [0.1, 0.15) is 5.82 Å². The van der Waals surface area contributed by atoms with Gasteiger partial charge in [-0.15, -0.1) is 0 Å². The van der Waals surface area contributed by atoms with Crippen molar-refractivity contribution in [3.63, 3.8) is 0 Å². The quantitative estimate of drug-likeness (QED) is 0.881. The number of carbonyl (C=O) groups excluding carboxylic acids is 1. The minimum absolute atomic E-state index is 0.0556. The molecule has 1 aliphatic heterocycles. The van der Waals surface area contributed by atoms with E-state index in [9.17, 15) is 9.18 Å². The first-order chi connectivity index (χ1) is 9.08. The van der Waals surface area contributed by atoms with Gasteiger partial charge in [0.15, 0.2) is 0 Å². The molecule has 4 heteroatoms. The Balaban J connectivity index is 1.95. The highest BCUT2D eigenvalue weighted by atomic mass is 19.1. The topological polar surface area (TPSA) is 41.1 Å². The van der Waals surface area contributed by atoms with Gasteiger partial charge in [0, 0.05) is 23.7 Å². The lowest BCUT2D eigenvalue weighted by atomic mass is 9.90. The van der Waals surface area contributed by atoms with Crippen molar-refractivity contribution >= 4 is 11.6 Å². The second-order valence-corrected chi connectivity index (χ2v) is 5.34. The molecule has 0 saturated carbocycles. The highest BCUT2D eigenvalue weighted by molar-refractivity contribution is 5.91. The number of benzene rings is 1. The van der Waals surface area contributed by atoms with Gasteiger partial charge in [-0.2, -0.15) is 0 Å². The number of nitrogens with one attached hydrogen (secondary N) is 2. The maximum atomic E-state index is 13.4. The second kappa shape index (κ2) is 6.15. The first-order valence-corrected chi connectivity index (χ1v) is 6.86. The number of anilines is 1. The van der Waals surface area contributed by atoms with E-state index >= 15 is 0 Å². The van der Waals surface area contributed by atoms with Gasteiger partial charge in [-0.3, -0.25) is 4.79 Å².